The Labute approximate surface area is 99.5 Å². The van der Waals surface area contributed by atoms with Crippen molar-refractivity contribution in [1.29, 1.82) is 0 Å². The maximum absolute atomic E-state index is 11.2. The first-order valence-electron chi connectivity index (χ1n) is 4.94. The van der Waals surface area contributed by atoms with Gasteiger partial charge in [0.2, 0.25) is 0 Å². The molecule has 1 amide bonds. The molecule has 5 heteroatoms. The van der Waals surface area contributed by atoms with Crippen LogP contribution in [0.1, 0.15) is 15.9 Å². The standard InChI is InChI=1S/C11H16N2O2S/c1-15-6-7-16-8-9-2-4-10(5-3-9)11(14)13-12/h2-5H,6-8,12H2,1H3,(H,13,14). The van der Waals surface area contributed by atoms with Crippen LogP contribution in [0.2, 0.25) is 0 Å². The molecule has 16 heavy (non-hydrogen) atoms. The van der Waals surface area contributed by atoms with Crippen molar-refractivity contribution in [1.82, 2.24) is 5.43 Å². The number of ether oxygens (including phenoxy) is 1. The van der Waals surface area contributed by atoms with E-state index in [1.807, 2.05) is 12.1 Å². The van der Waals surface area contributed by atoms with Gasteiger partial charge in [-0.3, -0.25) is 10.2 Å². The second-order valence-corrected chi connectivity index (χ2v) is 4.32. The Morgan fingerprint density at radius 3 is 2.69 bits per heavy atom. The second-order valence-electron chi connectivity index (χ2n) is 3.22. The first-order chi connectivity index (χ1) is 7.77. The molecule has 1 aromatic rings. The number of carbonyl (C=O) groups is 1. The number of hydrazine groups is 1. The molecule has 3 N–H and O–H groups in total. The molecule has 0 aliphatic heterocycles. The summed E-state index contributed by atoms with van der Waals surface area (Å²) in [6.07, 6.45) is 0. The van der Waals surface area contributed by atoms with Crippen LogP contribution in [-0.2, 0) is 10.5 Å². The van der Waals surface area contributed by atoms with Crippen LogP contribution in [-0.4, -0.2) is 25.4 Å². The molecule has 0 saturated carbocycles. The quantitative estimate of drug-likeness (QED) is 0.339. The minimum atomic E-state index is -0.265. The molecular formula is C11H16N2O2S. The molecule has 88 valence electrons. The van der Waals surface area contributed by atoms with Crippen LogP contribution >= 0.6 is 11.8 Å². The maximum atomic E-state index is 11.2. The van der Waals surface area contributed by atoms with Crippen molar-refractivity contribution < 1.29 is 9.53 Å². The van der Waals surface area contributed by atoms with E-state index >= 15 is 0 Å². The van der Waals surface area contributed by atoms with Gasteiger partial charge in [-0.05, 0) is 17.7 Å². The van der Waals surface area contributed by atoms with Crippen LogP contribution in [0, 0.1) is 0 Å². The highest BCUT2D eigenvalue weighted by Crippen LogP contribution is 2.12. The minimum absolute atomic E-state index is 0.265. The number of methoxy groups -OCH3 is 1. The average Bonchev–Trinajstić information content (AvgIpc) is 2.34. The fraction of sp³-hybridized carbons (Fsp3) is 0.364. The topological polar surface area (TPSA) is 64.3 Å². The van der Waals surface area contributed by atoms with Gasteiger partial charge in [-0.1, -0.05) is 12.1 Å². The van der Waals surface area contributed by atoms with E-state index in [1.54, 1.807) is 31.0 Å². The van der Waals surface area contributed by atoms with Crippen molar-refractivity contribution in [2.45, 2.75) is 5.75 Å². The van der Waals surface area contributed by atoms with Crippen LogP contribution in [0.5, 0.6) is 0 Å². The number of amides is 1. The molecular weight excluding hydrogens is 224 g/mol. The first-order valence-corrected chi connectivity index (χ1v) is 6.10. The van der Waals surface area contributed by atoms with Crippen molar-refractivity contribution in [2.24, 2.45) is 5.84 Å². The lowest BCUT2D eigenvalue weighted by Crippen LogP contribution is -2.29. The van der Waals surface area contributed by atoms with Gasteiger partial charge in [-0.2, -0.15) is 11.8 Å². The minimum Gasteiger partial charge on any atom is -0.384 e. The van der Waals surface area contributed by atoms with E-state index in [0.29, 0.717) is 5.56 Å². The summed E-state index contributed by atoms with van der Waals surface area (Å²) in [6, 6.07) is 7.41. The van der Waals surface area contributed by atoms with Crippen molar-refractivity contribution in [3.63, 3.8) is 0 Å². The number of benzene rings is 1. The third kappa shape index (κ3) is 4.22. The molecule has 0 heterocycles. The molecule has 0 atom stereocenters. The van der Waals surface area contributed by atoms with E-state index in [9.17, 15) is 4.79 Å². The van der Waals surface area contributed by atoms with Gasteiger partial charge in [-0.15, -0.1) is 0 Å². The summed E-state index contributed by atoms with van der Waals surface area (Å²) in [5.41, 5.74) is 3.87. The maximum Gasteiger partial charge on any atom is 0.265 e. The molecule has 0 bridgehead atoms. The monoisotopic (exact) mass is 240 g/mol. The fourth-order valence-corrected chi connectivity index (χ4v) is 2.02. The summed E-state index contributed by atoms with van der Waals surface area (Å²) in [4.78, 5) is 11.2. The van der Waals surface area contributed by atoms with Gasteiger partial charge in [0.25, 0.3) is 5.91 Å². The second kappa shape index (κ2) is 7.27. The Bertz CT molecular complexity index is 327. The molecule has 0 aliphatic rings. The lowest BCUT2D eigenvalue weighted by atomic mass is 10.1. The van der Waals surface area contributed by atoms with Gasteiger partial charge < -0.3 is 4.74 Å². The Balaban J connectivity index is 2.42. The normalized spacial score (nSPS) is 10.1. The van der Waals surface area contributed by atoms with Gasteiger partial charge in [-0.25, -0.2) is 5.84 Å². The summed E-state index contributed by atoms with van der Waals surface area (Å²) in [5, 5.41) is 0. The molecule has 0 aliphatic carbocycles. The van der Waals surface area contributed by atoms with Crippen molar-refractivity contribution in [3.05, 3.63) is 35.4 Å². The van der Waals surface area contributed by atoms with Crippen LogP contribution < -0.4 is 11.3 Å². The molecule has 1 rings (SSSR count). The van der Waals surface area contributed by atoms with Crippen LogP contribution in [0.25, 0.3) is 0 Å². The molecule has 0 radical (unpaired) electrons. The summed E-state index contributed by atoms with van der Waals surface area (Å²) in [6.45, 7) is 0.762. The molecule has 0 unspecified atom stereocenters. The number of thioether (sulfide) groups is 1. The first kappa shape index (κ1) is 13.0. The smallest absolute Gasteiger partial charge is 0.265 e. The highest BCUT2D eigenvalue weighted by Gasteiger charge is 2.02. The van der Waals surface area contributed by atoms with E-state index in [-0.39, 0.29) is 5.91 Å². The van der Waals surface area contributed by atoms with Crippen molar-refractivity contribution >= 4 is 17.7 Å². The third-order valence-electron chi connectivity index (χ3n) is 2.05. The van der Waals surface area contributed by atoms with E-state index in [2.05, 4.69) is 5.43 Å². The summed E-state index contributed by atoms with van der Waals surface area (Å²) in [7, 11) is 1.70. The lowest BCUT2D eigenvalue weighted by Gasteiger charge is -2.03. The van der Waals surface area contributed by atoms with Gasteiger partial charge in [0, 0.05) is 24.2 Å². The number of hydrogen-bond donors (Lipinski definition) is 2. The van der Waals surface area contributed by atoms with Gasteiger partial charge in [0.05, 0.1) is 6.61 Å². The predicted molar refractivity (Wildman–Crippen MR) is 66.1 cm³/mol. The number of carbonyl (C=O) groups excluding carboxylic acids is 1. The number of nitrogens with one attached hydrogen (secondary N) is 1. The van der Waals surface area contributed by atoms with Crippen LogP contribution in [0.15, 0.2) is 24.3 Å². The zero-order chi connectivity index (χ0) is 11.8. The molecule has 0 fully saturated rings. The van der Waals surface area contributed by atoms with E-state index < -0.39 is 0 Å². The number of rotatable bonds is 6. The molecule has 0 spiro atoms. The van der Waals surface area contributed by atoms with Crippen molar-refractivity contribution in [2.75, 3.05) is 19.5 Å². The largest absolute Gasteiger partial charge is 0.384 e. The number of nitrogen functional groups attached to an aromatic ring is 1. The Hall–Kier alpha value is -1.04. The third-order valence-corrected chi connectivity index (χ3v) is 3.04. The van der Waals surface area contributed by atoms with E-state index in [4.69, 9.17) is 10.6 Å². The summed E-state index contributed by atoms with van der Waals surface area (Å²) < 4.78 is 4.96. The highest BCUT2D eigenvalue weighted by molar-refractivity contribution is 7.98. The van der Waals surface area contributed by atoms with E-state index in [0.717, 1.165) is 18.1 Å². The SMILES string of the molecule is COCCSCc1ccc(C(=O)NN)cc1. The average molecular weight is 240 g/mol. The molecule has 0 aromatic heterocycles. The Morgan fingerprint density at radius 2 is 2.12 bits per heavy atom. The highest BCUT2D eigenvalue weighted by atomic mass is 32.2. The molecule has 1 aromatic carbocycles. The zero-order valence-electron chi connectivity index (χ0n) is 9.23. The Morgan fingerprint density at radius 1 is 1.44 bits per heavy atom. The van der Waals surface area contributed by atoms with Gasteiger partial charge in [0.15, 0.2) is 0 Å². The summed E-state index contributed by atoms with van der Waals surface area (Å²) >= 11 is 1.80. The van der Waals surface area contributed by atoms with E-state index in [1.165, 1.54) is 5.56 Å². The van der Waals surface area contributed by atoms with Crippen molar-refractivity contribution in [3.8, 4) is 0 Å². The molecule has 4 nitrogen and oxygen atoms in total. The van der Waals surface area contributed by atoms with Gasteiger partial charge >= 0.3 is 0 Å². The number of nitrogens with two attached hydrogens (primary N) is 1. The van der Waals surface area contributed by atoms with Crippen LogP contribution in [0.3, 0.4) is 0 Å². The van der Waals surface area contributed by atoms with Gasteiger partial charge in [0.1, 0.15) is 0 Å². The Kier molecular flexibility index (Phi) is 5.92. The van der Waals surface area contributed by atoms with Crippen LogP contribution in [0.4, 0.5) is 0 Å². The summed E-state index contributed by atoms with van der Waals surface area (Å²) in [5.74, 6) is 6.67. The number of hydrogen-bond acceptors (Lipinski definition) is 4. The predicted octanol–water partition coefficient (Wildman–Crippen LogP) is 1.17. The lowest BCUT2D eigenvalue weighted by molar-refractivity contribution is 0.0953. The fourth-order valence-electron chi connectivity index (χ4n) is 1.17. The zero-order valence-corrected chi connectivity index (χ0v) is 10.0. The molecule has 0 saturated heterocycles.